The number of rotatable bonds is 4. The molecule has 0 amide bonds. The maximum absolute atomic E-state index is 11.9. The Balaban J connectivity index is 2.03. The van der Waals surface area contributed by atoms with Crippen LogP contribution in [0.3, 0.4) is 0 Å². The minimum atomic E-state index is -0.422. The van der Waals surface area contributed by atoms with Gasteiger partial charge in [-0.1, -0.05) is 18.2 Å². The molecular formula is C16H15NO3. The molecule has 1 heterocycles. The lowest BCUT2D eigenvalue weighted by Gasteiger charge is -2.06. The minimum absolute atomic E-state index is 0.0129. The van der Waals surface area contributed by atoms with Gasteiger partial charge in [-0.25, -0.2) is 4.79 Å². The van der Waals surface area contributed by atoms with Crippen molar-refractivity contribution in [3.8, 4) is 0 Å². The largest absolute Gasteiger partial charge is 0.457 e. The van der Waals surface area contributed by atoms with Gasteiger partial charge in [0.1, 0.15) is 6.61 Å². The van der Waals surface area contributed by atoms with Crippen LogP contribution in [0.4, 0.5) is 0 Å². The van der Waals surface area contributed by atoms with E-state index in [1.165, 1.54) is 13.1 Å². The van der Waals surface area contributed by atoms with E-state index in [2.05, 4.69) is 4.98 Å². The van der Waals surface area contributed by atoms with E-state index in [1.54, 1.807) is 30.5 Å². The third kappa shape index (κ3) is 3.51. The van der Waals surface area contributed by atoms with Gasteiger partial charge in [0.05, 0.1) is 5.56 Å². The highest BCUT2D eigenvalue weighted by Gasteiger charge is 2.08. The van der Waals surface area contributed by atoms with Crippen molar-refractivity contribution in [3.63, 3.8) is 0 Å². The molecule has 0 saturated heterocycles. The highest BCUT2D eigenvalue weighted by Crippen LogP contribution is 2.10. The highest BCUT2D eigenvalue weighted by molar-refractivity contribution is 5.94. The Morgan fingerprint density at radius 2 is 1.95 bits per heavy atom. The van der Waals surface area contributed by atoms with Crippen LogP contribution in [0.25, 0.3) is 0 Å². The zero-order valence-corrected chi connectivity index (χ0v) is 11.4. The molecule has 0 unspecified atom stereocenters. The molecule has 0 aliphatic heterocycles. The Kier molecular flexibility index (Phi) is 4.25. The zero-order valence-electron chi connectivity index (χ0n) is 11.4. The zero-order chi connectivity index (χ0) is 14.5. The summed E-state index contributed by atoms with van der Waals surface area (Å²) in [5, 5.41) is 0. The van der Waals surface area contributed by atoms with Gasteiger partial charge >= 0.3 is 5.97 Å². The fraction of sp³-hybridized carbons (Fsp3) is 0.188. The van der Waals surface area contributed by atoms with Crippen molar-refractivity contribution < 1.29 is 14.3 Å². The molecule has 1 aromatic carbocycles. The topological polar surface area (TPSA) is 56.3 Å². The molecular weight excluding hydrogens is 254 g/mol. The molecule has 0 fully saturated rings. The van der Waals surface area contributed by atoms with Gasteiger partial charge in [0.25, 0.3) is 0 Å². The van der Waals surface area contributed by atoms with Crippen LogP contribution in [0.2, 0.25) is 0 Å². The number of ether oxygens (including phenoxy) is 1. The summed E-state index contributed by atoms with van der Waals surface area (Å²) in [6, 6.07) is 8.77. The normalized spacial score (nSPS) is 10.1. The SMILES string of the molecule is CC(=O)c1cccc(COC(=O)c2cncc(C)c2)c1. The van der Waals surface area contributed by atoms with Crippen LogP contribution in [0.1, 0.15) is 38.8 Å². The fourth-order valence-corrected chi connectivity index (χ4v) is 1.78. The number of nitrogens with zero attached hydrogens (tertiary/aromatic N) is 1. The van der Waals surface area contributed by atoms with Gasteiger partial charge in [0, 0.05) is 18.0 Å². The lowest BCUT2D eigenvalue weighted by atomic mass is 10.1. The van der Waals surface area contributed by atoms with Crippen molar-refractivity contribution in [2.45, 2.75) is 20.5 Å². The minimum Gasteiger partial charge on any atom is -0.457 e. The van der Waals surface area contributed by atoms with Crippen LogP contribution in [0.15, 0.2) is 42.7 Å². The molecule has 0 atom stereocenters. The Morgan fingerprint density at radius 3 is 2.65 bits per heavy atom. The predicted octanol–water partition coefficient (Wildman–Crippen LogP) is 2.95. The molecule has 20 heavy (non-hydrogen) atoms. The van der Waals surface area contributed by atoms with Crippen LogP contribution >= 0.6 is 0 Å². The number of benzene rings is 1. The second-order valence-corrected chi connectivity index (χ2v) is 4.58. The van der Waals surface area contributed by atoms with Crippen LogP contribution in [0.5, 0.6) is 0 Å². The van der Waals surface area contributed by atoms with Gasteiger partial charge in [0.2, 0.25) is 0 Å². The number of aromatic nitrogens is 1. The standard InChI is InChI=1S/C16H15NO3/c1-11-6-15(9-17-8-11)16(19)20-10-13-4-3-5-14(7-13)12(2)18/h3-9H,10H2,1-2H3. The van der Waals surface area contributed by atoms with Crippen LogP contribution < -0.4 is 0 Å². The molecule has 0 aliphatic rings. The molecule has 102 valence electrons. The summed E-state index contributed by atoms with van der Waals surface area (Å²) in [5.74, 6) is -0.435. The van der Waals surface area contributed by atoms with Crippen molar-refractivity contribution >= 4 is 11.8 Å². The summed E-state index contributed by atoms with van der Waals surface area (Å²) in [4.78, 5) is 27.1. The molecule has 0 aliphatic carbocycles. The van der Waals surface area contributed by atoms with Gasteiger partial charge in [-0.2, -0.15) is 0 Å². The molecule has 2 aromatic rings. The Bertz CT molecular complexity index is 650. The highest BCUT2D eigenvalue weighted by atomic mass is 16.5. The van der Waals surface area contributed by atoms with Gasteiger partial charge in [-0.3, -0.25) is 9.78 Å². The quantitative estimate of drug-likeness (QED) is 0.632. The third-order valence-electron chi connectivity index (χ3n) is 2.81. The van der Waals surface area contributed by atoms with E-state index >= 15 is 0 Å². The summed E-state index contributed by atoms with van der Waals surface area (Å²) >= 11 is 0. The number of Topliss-reactive ketones (excluding diaryl/α,β-unsaturated/α-hetero) is 1. The molecule has 4 nitrogen and oxygen atoms in total. The first-order chi connectivity index (χ1) is 9.56. The summed E-state index contributed by atoms with van der Waals surface area (Å²) < 4.78 is 5.21. The molecule has 4 heteroatoms. The summed E-state index contributed by atoms with van der Waals surface area (Å²) in [6.45, 7) is 3.50. The van der Waals surface area contributed by atoms with E-state index in [9.17, 15) is 9.59 Å². The fourth-order valence-electron chi connectivity index (χ4n) is 1.78. The van der Waals surface area contributed by atoms with Gasteiger partial charge < -0.3 is 4.74 Å². The van der Waals surface area contributed by atoms with Crippen LogP contribution in [-0.4, -0.2) is 16.7 Å². The van der Waals surface area contributed by atoms with Crippen LogP contribution in [0, 0.1) is 6.92 Å². The molecule has 0 spiro atoms. The Morgan fingerprint density at radius 1 is 1.15 bits per heavy atom. The lowest BCUT2D eigenvalue weighted by molar-refractivity contribution is 0.0472. The van der Waals surface area contributed by atoms with Gasteiger partial charge in [-0.05, 0) is 37.1 Å². The summed E-state index contributed by atoms with van der Waals surface area (Å²) in [5.41, 5.74) is 2.72. The van der Waals surface area contributed by atoms with Crippen LogP contribution in [-0.2, 0) is 11.3 Å². The van der Waals surface area contributed by atoms with E-state index in [0.29, 0.717) is 11.1 Å². The Hall–Kier alpha value is -2.49. The van der Waals surface area contributed by atoms with Crippen molar-refractivity contribution in [2.24, 2.45) is 0 Å². The molecule has 0 saturated carbocycles. The van der Waals surface area contributed by atoms with E-state index < -0.39 is 5.97 Å². The number of carbonyl (C=O) groups excluding carboxylic acids is 2. The molecule has 1 aromatic heterocycles. The van der Waals surface area contributed by atoms with Gasteiger partial charge in [0.15, 0.2) is 5.78 Å². The first-order valence-corrected chi connectivity index (χ1v) is 6.25. The van der Waals surface area contributed by atoms with Crippen molar-refractivity contribution in [1.29, 1.82) is 0 Å². The number of hydrogen-bond acceptors (Lipinski definition) is 4. The van der Waals surface area contributed by atoms with E-state index in [4.69, 9.17) is 4.74 Å². The van der Waals surface area contributed by atoms with Crippen molar-refractivity contribution in [1.82, 2.24) is 4.98 Å². The summed E-state index contributed by atoms with van der Waals surface area (Å²) in [7, 11) is 0. The van der Waals surface area contributed by atoms with Gasteiger partial charge in [-0.15, -0.1) is 0 Å². The molecule has 0 bridgehead atoms. The number of esters is 1. The monoisotopic (exact) mass is 269 g/mol. The van der Waals surface area contributed by atoms with Crippen molar-refractivity contribution in [2.75, 3.05) is 0 Å². The summed E-state index contributed by atoms with van der Waals surface area (Å²) in [6.07, 6.45) is 3.15. The first-order valence-electron chi connectivity index (χ1n) is 6.25. The third-order valence-corrected chi connectivity index (χ3v) is 2.81. The maximum atomic E-state index is 11.9. The second-order valence-electron chi connectivity index (χ2n) is 4.58. The lowest BCUT2D eigenvalue weighted by Crippen LogP contribution is -2.06. The molecule has 0 N–H and O–H groups in total. The number of carbonyl (C=O) groups is 2. The second kappa shape index (κ2) is 6.10. The molecule has 2 rings (SSSR count). The smallest absolute Gasteiger partial charge is 0.340 e. The average molecular weight is 269 g/mol. The van der Waals surface area contributed by atoms with Crippen molar-refractivity contribution in [3.05, 3.63) is 65.0 Å². The first kappa shape index (κ1) is 13.9. The average Bonchev–Trinajstić information content (AvgIpc) is 2.45. The number of aryl methyl sites for hydroxylation is 1. The number of hydrogen-bond donors (Lipinski definition) is 0. The predicted molar refractivity (Wildman–Crippen MR) is 74.5 cm³/mol. The Labute approximate surface area is 117 Å². The van der Waals surface area contributed by atoms with E-state index in [0.717, 1.165) is 11.1 Å². The van der Waals surface area contributed by atoms with E-state index in [-0.39, 0.29) is 12.4 Å². The number of ketones is 1. The molecule has 0 radical (unpaired) electrons. The number of pyridine rings is 1. The van der Waals surface area contributed by atoms with E-state index in [1.807, 2.05) is 13.0 Å². The maximum Gasteiger partial charge on any atom is 0.340 e.